The largest absolute Gasteiger partial charge is 0.496 e. The first-order valence-electron chi connectivity index (χ1n) is 17.1. The zero-order valence-corrected chi connectivity index (χ0v) is 29.4. The van der Waals surface area contributed by atoms with Gasteiger partial charge in [-0.15, -0.1) is 11.6 Å². The molecule has 1 aliphatic heterocycles. The maximum atomic E-state index is 13.3. The van der Waals surface area contributed by atoms with E-state index in [2.05, 4.69) is 76.2 Å². The molecular formula is C41H48ClNO4. The van der Waals surface area contributed by atoms with Gasteiger partial charge < -0.3 is 9.47 Å². The summed E-state index contributed by atoms with van der Waals surface area (Å²) in [5, 5.41) is 0. The van der Waals surface area contributed by atoms with Crippen molar-refractivity contribution in [3.63, 3.8) is 0 Å². The summed E-state index contributed by atoms with van der Waals surface area (Å²) in [4.78, 5) is 28.1. The lowest BCUT2D eigenvalue weighted by molar-refractivity contribution is -0.0233. The number of nitrogens with zero attached hydrogens (tertiary/aromatic N) is 1. The van der Waals surface area contributed by atoms with Crippen LogP contribution >= 0.6 is 11.6 Å². The van der Waals surface area contributed by atoms with E-state index in [0.29, 0.717) is 41.3 Å². The van der Waals surface area contributed by atoms with Gasteiger partial charge in [-0.25, -0.2) is 0 Å². The minimum Gasteiger partial charge on any atom is -0.496 e. The van der Waals surface area contributed by atoms with Crippen LogP contribution < -0.4 is 9.47 Å². The smallest absolute Gasteiger partial charge is 0.261 e. The lowest BCUT2D eigenvalue weighted by Crippen LogP contribution is -2.53. The van der Waals surface area contributed by atoms with Gasteiger partial charge in [-0.2, -0.15) is 0 Å². The minimum absolute atomic E-state index is 0.00280. The first-order valence-corrected chi connectivity index (χ1v) is 17.6. The second-order valence-electron chi connectivity index (χ2n) is 14.7. The SMILES string of the molecule is COc1cc(C(C)(C)[C@H](CCCCCCl)c2ccccc2)cc(OC)c1[C@H]1C=C(CN2C(=O)c3ccccc3C2=O)[C@H]2C[C@@H]1C2(C)C. The van der Waals surface area contributed by atoms with Gasteiger partial charge in [0, 0.05) is 17.4 Å². The molecule has 2 bridgehead atoms. The zero-order valence-electron chi connectivity index (χ0n) is 28.6. The highest BCUT2D eigenvalue weighted by molar-refractivity contribution is 6.21. The van der Waals surface area contributed by atoms with Crippen LogP contribution in [0, 0.1) is 17.3 Å². The molecule has 0 radical (unpaired) electrons. The average molecular weight is 654 g/mol. The average Bonchev–Trinajstić information content (AvgIpc) is 3.32. The molecule has 1 heterocycles. The Morgan fingerprint density at radius 1 is 0.894 bits per heavy atom. The van der Waals surface area contributed by atoms with E-state index in [1.54, 1.807) is 26.4 Å². The van der Waals surface area contributed by atoms with Crippen molar-refractivity contribution in [1.29, 1.82) is 0 Å². The van der Waals surface area contributed by atoms with E-state index in [4.69, 9.17) is 21.1 Å². The van der Waals surface area contributed by atoms with E-state index < -0.39 is 0 Å². The van der Waals surface area contributed by atoms with Crippen LogP contribution in [0.3, 0.4) is 0 Å². The summed E-state index contributed by atoms with van der Waals surface area (Å²) >= 11 is 6.02. The van der Waals surface area contributed by atoms with Gasteiger partial charge in [0.05, 0.1) is 31.9 Å². The van der Waals surface area contributed by atoms with Crippen LogP contribution in [-0.2, 0) is 5.41 Å². The van der Waals surface area contributed by atoms with E-state index in [1.807, 2.05) is 12.1 Å². The van der Waals surface area contributed by atoms with Gasteiger partial charge in [-0.3, -0.25) is 14.5 Å². The van der Waals surface area contributed by atoms with Gasteiger partial charge in [-0.1, -0.05) is 94.7 Å². The van der Waals surface area contributed by atoms with E-state index in [1.165, 1.54) is 16.0 Å². The lowest BCUT2D eigenvalue weighted by Gasteiger charge is -2.60. The number of alkyl halides is 1. The lowest BCUT2D eigenvalue weighted by atomic mass is 9.45. The Morgan fingerprint density at radius 3 is 2.04 bits per heavy atom. The molecule has 3 aliphatic carbocycles. The number of methoxy groups -OCH3 is 2. The Balaban J connectivity index is 1.37. The molecule has 6 heteroatoms. The van der Waals surface area contributed by atoms with Crippen molar-refractivity contribution in [2.75, 3.05) is 26.6 Å². The minimum atomic E-state index is -0.209. The second kappa shape index (κ2) is 13.1. The fourth-order valence-corrected chi connectivity index (χ4v) is 8.95. The Morgan fingerprint density at radius 2 is 1.49 bits per heavy atom. The highest BCUT2D eigenvalue weighted by Gasteiger charge is 2.57. The van der Waals surface area contributed by atoms with E-state index in [9.17, 15) is 9.59 Å². The number of fused-ring (bicyclic) bond motifs is 2. The topological polar surface area (TPSA) is 55.8 Å². The molecule has 1 saturated carbocycles. The van der Waals surface area contributed by atoms with Crippen molar-refractivity contribution in [1.82, 2.24) is 4.90 Å². The van der Waals surface area contributed by atoms with E-state index in [-0.39, 0.29) is 28.6 Å². The molecule has 5 nitrogen and oxygen atoms in total. The molecule has 0 N–H and O–H groups in total. The number of allylic oxidation sites excluding steroid dienone is 1. The van der Waals surface area contributed by atoms with Crippen LogP contribution in [-0.4, -0.2) is 43.4 Å². The fourth-order valence-electron chi connectivity index (χ4n) is 8.76. The highest BCUT2D eigenvalue weighted by Crippen LogP contribution is 2.65. The Labute approximate surface area is 285 Å². The molecule has 0 spiro atoms. The summed E-state index contributed by atoms with van der Waals surface area (Å²) in [5.41, 5.74) is 5.48. The molecule has 1 fully saturated rings. The van der Waals surface area contributed by atoms with Crippen molar-refractivity contribution in [2.45, 2.75) is 77.0 Å². The second-order valence-corrected chi connectivity index (χ2v) is 15.1. The molecule has 4 atom stereocenters. The van der Waals surface area contributed by atoms with E-state index in [0.717, 1.165) is 54.7 Å². The maximum Gasteiger partial charge on any atom is 0.261 e. The van der Waals surface area contributed by atoms with E-state index >= 15 is 0 Å². The highest BCUT2D eigenvalue weighted by atomic mass is 35.5. The van der Waals surface area contributed by atoms with Crippen LogP contribution in [0.2, 0.25) is 0 Å². The number of halogens is 1. The number of ether oxygens (including phenoxy) is 2. The summed E-state index contributed by atoms with van der Waals surface area (Å²) in [7, 11) is 3.49. The summed E-state index contributed by atoms with van der Waals surface area (Å²) in [6.45, 7) is 9.61. The van der Waals surface area contributed by atoms with Gasteiger partial charge in [0.2, 0.25) is 0 Å². The third kappa shape index (κ3) is 5.79. The first-order chi connectivity index (χ1) is 22.5. The summed E-state index contributed by atoms with van der Waals surface area (Å²) in [6.07, 6.45) is 7.63. The number of unbranched alkanes of at least 4 members (excludes halogenated alkanes) is 2. The van der Waals surface area contributed by atoms with Gasteiger partial charge in [-0.05, 0) is 83.2 Å². The summed E-state index contributed by atoms with van der Waals surface area (Å²) < 4.78 is 12.4. The van der Waals surface area contributed by atoms with Crippen molar-refractivity contribution in [2.24, 2.45) is 17.3 Å². The predicted molar refractivity (Wildman–Crippen MR) is 189 cm³/mol. The molecule has 7 rings (SSSR count). The van der Waals surface area contributed by atoms with Gasteiger partial charge in [0.15, 0.2) is 0 Å². The molecule has 4 aliphatic rings. The third-order valence-electron chi connectivity index (χ3n) is 11.7. The molecule has 0 saturated heterocycles. The van der Waals surface area contributed by atoms with Gasteiger partial charge in [0.25, 0.3) is 11.8 Å². The number of rotatable bonds is 13. The molecule has 0 aromatic heterocycles. The number of carbonyl (C=O) groups excluding carboxylic acids is 2. The zero-order chi connectivity index (χ0) is 33.5. The van der Waals surface area contributed by atoms with Gasteiger partial charge >= 0.3 is 0 Å². The first kappa shape index (κ1) is 33.3. The van der Waals surface area contributed by atoms with Crippen molar-refractivity contribution >= 4 is 23.4 Å². The van der Waals surface area contributed by atoms with Crippen molar-refractivity contribution in [3.05, 3.63) is 106 Å². The number of hydrogen-bond donors (Lipinski definition) is 0. The summed E-state index contributed by atoms with van der Waals surface area (Å²) in [6, 6.07) is 22.4. The van der Waals surface area contributed by atoms with Gasteiger partial charge in [0.1, 0.15) is 11.5 Å². The number of amides is 2. The standard InChI is InChI=1S/C41H48ClNO4/c1-40(2,32(19-11-8-14-20-42)26-15-9-7-10-16-26)28-22-35(46-5)37(36(23-28)47-6)31-21-27(33-24-34(31)41(33,3)4)25-43-38(44)29-17-12-13-18-30(29)39(43)45/h7,9-10,12-13,15-18,21-23,31-34H,8,11,14,19-20,24-25H2,1-6H3/t31-,32+,33+,34-/m0/s1. The van der Waals surface area contributed by atoms with Crippen LogP contribution in [0.1, 0.15) is 109 Å². The molecule has 47 heavy (non-hydrogen) atoms. The normalized spacial score (nSPS) is 22.0. The number of carbonyl (C=O) groups is 2. The molecule has 2 amide bonds. The van der Waals surface area contributed by atoms with Crippen LogP contribution in [0.4, 0.5) is 0 Å². The Kier molecular flexibility index (Phi) is 9.32. The predicted octanol–water partition coefficient (Wildman–Crippen LogP) is 9.55. The number of benzene rings is 3. The number of hydrogen-bond acceptors (Lipinski definition) is 4. The van der Waals surface area contributed by atoms with Crippen LogP contribution in [0.25, 0.3) is 0 Å². The molecular weight excluding hydrogens is 606 g/mol. The quantitative estimate of drug-likeness (QED) is 0.0798. The maximum absolute atomic E-state index is 13.3. The fraction of sp³-hybridized carbons (Fsp3) is 0.463. The molecule has 248 valence electrons. The summed E-state index contributed by atoms with van der Waals surface area (Å²) in [5.74, 6) is 2.96. The van der Waals surface area contributed by atoms with Crippen molar-refractivity contribution < 1.29 is 19.1 Å². The Hall–Kier alpha value is -3.57. The number of imide groups is 1. The van der Waals surface area contributed by atoms with Crippen LogP contribution in [0.5, 0.6) is 11.5 Å². The van der Waals surface area contributed by atoms with Crippen molar-refractivity contribution in [3.8, 4) is 11.5 Å². The molecule has 3 aromatic rings. The molecule has 0 unspecified atom stereocenters. The monoisotopic (exact) mass is 653 g/mol. The van der Waals surface area contributed by atoms with Crippen LogP contribution in [0.15, 0.2) is 78.4 Å². The molecule has 3 aromatic carbocycles. The third-order valence-corrected chi connectivity index (χ3v) is 11.9. The Bertz CT molecular complexity index is 1620.